The molecule has 6 heteroatoms. The molecule has 1 N–H and O–H groups in total. The van der Waals surface area contributed by atoms with Crippen LogP contribution in [-0.4, -0.2) is 19.1 Å². The Morgan fingerprint density at radius 1 is 1.17 bits per heavy atom. The van der Waals surface area contributed by atoms with Crippen LogP contribution in [0.2, 0.25) is 5.02 Å². The molecular formula is C17H15ClN2O3. The van der Waals surface area contributed by atoms with Crippen molar-refractivity contribution < 1.29 is 14.3 Å². The average molecular weight is 331 g/mol. The van der Waals surface area contributed by atoms with E-state index >= 15 is 0 Å². The predicted octanol–water partition coefficient (Wildman–Crippen LogP) is 3.63. The van der Waals surface area contributed by atoms with Crippen LogP contribution in [0.4, 0.5) is 5.69 Å². The molecule has 0 unspecified atom stereocenters. The Labute approximate surface area is 139 Å². The van der Waals surface area contributed by atoms with E-state index in [4.69, 9.17) is 26.3 Å². The van der Waals surface area contributed by atoms with Gasteiger partial charge in [0.1, 0.15) is 17.6 Å². The molecular weight excluding hydrogens is 316 g/mol. The molecule has 118 valence electrons. The maximum Gasteiger partial charge on any atom is 0.262 e. The Balaban J connectivity index is 1.87. The van der Waals surface area contributed by atoms with Gasteiger partial charge in [-0.3, -0.25) is 4.79 Å². The van der Waals surface area contributed by atoms with E-state index in [0.717, 1.165) is 5.75 Å². The third kappa shape index (κ3) is 4.90. The topological polar surface area (TPSA) is 71.3 Å². The summed E-state index contributed by atoms with van der Waals surface area (Å²) in [5, 5.41) is 11.7. The highest BCUT2D eigenvalue weighted by molar-refractivity contribution is 6.32. The molecule has 0 radical (unpaired) electrons. The Morgan fingerprint density at radius 3 is 2.39 bits per heavy atom. The number of nitrogens with one attached hydrogen (secondary N) is 1. The maximum absolute atomic E-state index is 11.9. The van der Waals surface area contributed by atoms with Crippen molar-refractivity contribution in [2.45, 2.75) is 6.92 Å². The van der Waals surface area contributed by atoms with Gasteiger partial charge in [0.15, 0.2) is 6.61 Å². The molecule has 0 heterocycles. The van der Waals surface area contributed by atoms with E-state index in [2.05, 4.69) is 5.32 Å². The Bertz CT molecular complexity index is 724. The van der Waals surface area contributed by atoms with Crippen molar-refractivity contribution in [1.29, 1.82) is 5.26 Å². The SMILES string of the molecule is CCOc1ccc(OCC(=O)Nc2ccc(C#N)c(Cl)c2)cc1. The molecule has 0 aliphatic carbocycles. The minimum atomic E-state index is -0.320. The number of benzene rings is 2. The number of anilines is 1. The number of nitrogens with zero attached hydrogens (tertiary/aromatic N) is 1. The van der Waals surface area contributed by atoms with Crippen LogP contribution in [0.5, 0.6) is 11.5 Å². The van der Waals surface area contributed by atoms with E-state index in [-0.39, 0.29) is 17.5 Å². The number of carbonyl (C=O) groups excluding carboxylic acids is 1. The number of carbonyl (C=O) groups is 1. The van der Waals surface area contributed by atoms with E-state index in [9.17, 15) is 4.79 Å². The fraction of sp³-hybridized carbons (Fsp3) is 0.176. The van der Waals surface area contributed by atoms with Gasteiger partial charge < -0.3 is 14.8 Å². The Hall–Kier alpha value is -2.71. The summed E-state index contributed by atoms with van der Waals surface area (Å²) in [7, 11) is 0. The highest BCUT2D eigenvalue weighted by Crippen LogP contribution is 2.20. The second kappa shape index (κ2) is 8.06. The lowest BCUT2D eigenvalue weighted by atomic mass is 10.2. The second-order valence-corrected chi connectivity index (χ2v) is 4.95. The summed E-state index contributed by atoms with van der Waals surface area (Å²) in [6, 6.07) is 13.7. The van der Waals surface area contributed by atoms with Crippen molar-refractivity contribution in [3.05, 3.63) is 53.1 Å². The van der Waals surface area contributed by atoms with Crippen LogP contribution in [-0.2, 0) is 4.79 Å². The summed E-state index contributed by atoms with van der Waals surface area (Å²) in [4.78, 5) is 11.9. The van der Waals surface area contributed by atoms with Gasteiger partial charge in [0, 0.05) is 5.69 Å². The van der Waals surface area contributed by atoms with E-state index in [1.54, 1.807) is 36.4 Å². The summed E-state index contributed by atoms with van der Waals surface area (Å²) in [6.07, 6.45) is 0. The molecule has 23 heavy (non-hydrogen) atoms. The molecule has 1 amide bonds. The first kappa shape index (κ1) is 16.7. The zero-order valence-electron chi connectivity index (χ0n) is 12.5. The van der Waals surface area contributed by atoms with Gasteiger partial charge in [0.25, 0.3) is 5.91 Å². The maximum atomic E-state index is 11.9. The second-order valence-electron chi connectivity index (χ2n) is 4.55. The molecule has 0 spiro atoms. The molecule has 0 aromatic heterocycles. The summed E-state index contributed by atoms with van der Waals surface area (Å²) < 4.78 is 10.7. The molecule has 2 aromatic carbocycles. The van der Waals surface area contributed by atoms with E-state index in [1.807, 2.05) is 13.0 Å². The summed E-state index contributed by atoms with van der Waals surface area (Å²) >= 11 is 5.91. The zero-order valence-corrected chi connectivity index (χ0v) is 13.3. The van der Waals surface area contributed by atoms with E-state index in [0.29, 0.717) is 23.6 Å². The van der Waals surface area contributed by atoms with Crippen molar-refractivity contribution in [3.63, 3.8) is 0 Å². The quantitative estimate of drug-likeness (QED) is 0.878. The average Bonchev–Trinajstić information content (AvgIpc) is 2.55. The van der Waals surface area contributed by atoms with Gasteiger partial charge in [-0.05, 0) is 49.4 Å². The van der Waals surface area contributed by atoms with Gasteiger partial charge in [0.05, 0.1) is 17.2 Å². The lowest BCUT2D eigenvalue weighted by Gasteiger charge is -2.09. The van der Waals surface area contributed by atoms with Gasteiger partial charge in [-0.15, -0.1) is 0 Å². The number of rotatable bonds is 6. The van der Waals surface area contributed by atoms with Crippen LogP contribution in [0.25, 0.3) is 0 Å². The number of nitriles is 1. The third-order valence-corrected chi connectivity index (χ3v) is 3.19. The van der Waals surface area contributed by atoms with Crippen LogP contribution in [0, 0.1) is 11.3 Å². The van der Waals surface area contributed by atoms with Crippen molar-refractivity contribution in [2.75, 3.05) is 18.5 Å². The first-order chi connectivity index (χ1) is 11.1. The van der Waals surface area contributed by atoms with Crippen LogP contribution >= 0.6 is 11.6 Å². The zero-order chi connectivity index (χ0) is 16.7. The fourth-order valence-electron chi connectivity index (χ4n) is 1.83. The number of amides is 1. The van der Waals surface area contributed by atoms with Crippen LogP contribution in [0.15, 0.2) is 42.5 Å². The van der Waals surface area contributed by atoms with Gasteiger partial charge in [0.2, 0.25) is 0 Å². The van der Waals surface area contributed by atoms with Crippen molar-refractivity contribution >= 4 is 23.2 Å². The molecule has 2 aromatic rings. The van der Waals surface area contributed by atoms with Gasteiger partial charge in [-0.25, -0.2) is 0 Å². The van der Waals surface area contributed by atoms with Crippen LogP contribution in [0.1, 0.15) is 12.5 Å². The van der Waals surface area contributed by atoms with Crippen molar-refractivity contribution in [2.24, 2.45) is 0 Å². The fourth-order valence-corrected chi connectivity index (χ4v) is 2.05. The lowest BCUT2D eigenvalue weighted by Crippen LogP contribution is -2.20. The lowest BCUT2D eigenvalue weighted by molar-refractivity contribution is -0.118. The van der Waals surface area contributed by atoms with Gasteiger partial charge >= 0.3 is 0 Å². The number of halogens is 1. The Morgan fingerprint density at radius 2 is 1.83 bits per heavy atom. The van der Waals surface area contributed by atoms with Crippen molar-refractivity contribution in [3.8, 4) is 17.6 Å². The highest BCUT2D eigenvalue weighted by atomic mass is 35.5. The summed E-state index contributed by atoms with van der Waals surface area (Å²) in [5.74, 6) is 0.998. The van der Waals surface area contributed by atoms with Crippen LogP contribution < -0.4 is 14.8 Å². The molecule has 0 atom stereocenters. The standard InChI is InChI=1S/C17H15ClN2O3/c1-2-22-14-5-7-15(8-6-14)23-11-17(21)20-13-4-3-12(10-19)16(18)9-13/h3-9H,2,11H2,1H3,(H,20,21). The van der Waals surface area contributed by atoms with E-state index < -0.39 is 0 Å². The smallest absolute Gasteiger partial charge is 0.262 e. The molecule has 0 aliphatic heterocycles. The molecule has 0 aliphatic rings. The monoisotopic (exact) mass is 330 g/mol. The first-order valence-corrected chi connectivity index (χ1v) is 7.35. The molecule has 0 fully saturated rings. The molecule has 0 bridgehead atoms. The predicted molar refractivity (Wildman–Crippen MR) is 87.9 cm³/mol. The van der Waals surface area contributed by atoms with Crippen LogP contribution in [0.3, 0.4) is 0 Å². The van der Waals surface area contributed by atoms with Crippen molar-refractivity contribution in [1.82, 2.24) is 0 Å². The van der Waals surface area contributed by atoms with Gasteiger partial charge in [-0.1, -0.05) is 11.6 Å². The minimum Gasteiger partial charge on any atom is -0.494 e. The molecule has 0 saturated heterocycles. The molecule has 2 rings (SSSR count). The largest absolute Gasteiger partial charge is 0.494 e. The van der Waals surface area contributed by atoms with E-state index in [1.165, 1.54) is 6.07 Å². The molecule has 0 saturated carbocycles. The highest BCUT2D eigenvalue weighted by Gasteiger charge is 2.06. The number of hydrogen-bond acceptors (Lipinski definition) is 4. The normalized spacial score (nSPS) is 9.78. The Kier molecular flexibility index (Phi) is 5.84. The first-order valence-electron chi connectivity index (χ1n) is 6.97. The molecule has 5 nitrogen and oxygen atoms in total. The summed E-state index contributed by atoms with van der Waals surface area (Å²) in [6.45, 7) is 2.37. The third-order valence-electron chi connectivity index (χ3n) is 2.88. The minimum absolute atomic E-state index is 0.133. The number of ether oxygens (including phenoxy) is 2. The van der Waals surface area contributed by atoms with Gasteiger partial charge in [-0.2, -0.15) is 5.26 Å². The number of hydrogen-bond donors (Lipinski definition) is 1. The summed E-state index contributed by atoms with van der Waals surface area (Å²) in [5.41, 5.74) is 0.865.